The summed E-state index contributed by atoms with van der Waals surface area (Å²) in [4.78, 5) is 4.25. The largest absolute Gasteiger partial charge is 0.481 e. The second-order valence-corrected chi connectivity index (χ2v) is 3.02. The molecule has 3 nitrogen and oxygen atoms in total. The normalized spacial score (nSPS) is 10.3. The van der Waals surface area contributed by atoms with E-state index in [0.717, 1.165) is 5.69 Å². The maximum absolute atomic E-state index is 5.65. The monoisotopic (exact) mass is 166 g/mol. The summed E-state index contributed by atoms with van der Waals surface area (Å²) in [5, 5.41) is 0. The van der Waals surface area contributed by atoms with Gasteiger partial charge in [0.25, 0.3) is 0 Å². The molecular weight excluding hydrogens is 152 g/mol. The summed E-state index contributed by atoms with van der Waals surface area (Å²) in [6.45, 7) is 4.14. The molecule has 1 heterocycles. The van der Waals surface area contributed by atoms with Crippen LogP contribution in [-0.4, -0.2) is 12.1 Å². The molecule has 0 spiro atoms. The third-order valence-corrected chi connectivity index (χ3v) is 1.64. The van der Waals surface area contributed by atoms with Gasteiger partial charge >= 0.3 is 0 Å². The molecule has 0 atom stereocenters. The standard InChI is InChI=1S/C9H14N2O/c1-6(2)8-4-7(10)5-9(11-8)12-3/h4-6H,1-3H3,(H2,10,11). The van der Waals surface area contributed by atoms with E-state index >= 15 is 0 Å². The van der Waals surface area contributed by atoms with Gasteiger partial charge in [0.2, 0.25) is 5.88 Å². The zero-order chi connectivity index (χ0) is 9.14. The van der Waals surface area contributed by atoms with Crippen LogP contribution >= 0.6 is 0 Å². The van der Waals surface area contributed by atoms with E-state index < -0.39 is 0 Å². The summed E-state index contributed by atoms with van der Waals surface area (Å²) in [7, 11) is 1.59. The van der Waals surface area contributed by atoms with Gasteiger partial charge in [-0.15, -0.1) is 0 Å². The molecule has 1 rings (SSSR count). The molecule has 0 aliphatic heterocycles. The molecule has 0 radical (unpaired) electrons. The third-order valence-electron chi connectivity index (χ3n) is 1.64. The maximum atomic E-state index is 5.65. The van der Waals surface area contributed by atoms with Gasteiger partial charge in [0.05, 0.1) is 7.11 Å². The first-order chi connectivity index (χ1) is 5.63. The van der Waals surface area contributed by atoms with Crippen LogP contribution in [0, 0.1) is 0 Å². The Bertz CT molecular complexity index is 271. The molecule has 1 aromatic heterocycles. The maximum Gasteiger partial charge on any atom is 0.215 e. The van der Waals surface area contributed by atoms with E-state index in [1.807, 2.05) is 6.07 Å². The highest BCUT2D eigenvalue weighted by Crippen LogP contribution is 2.19. The van der Waals surface area contributed by atoms with E-state index in [4.69, 9.17) is 10.5 Å². The first kappa shape index (κ1) is 8.84. The highest BCUT2D eigenvalue weighted by molar-refractivity contribution is 5.43. The third kappa shape index (κ3) is 1.87. The first-order valence-electron chi connectivity index (χ1n) is 3.95. The SMILES string of the molecule is COc1cc(N)cc(C(C)C)n1. The fraction of sp³-hybridized carbons (Fsp3) is 0.444. The molecule has 0 saturated heterocycles. The zero-order valence-electron chi connectivity index (χ0n) is 7.66. The Morgan fingerprint density at radius 1 is 1.42 bits per heavy atom. The molecule has 66 valence electrons. The molecule has 0 saturated carbocycles. The van der Waals surface area contributed by atoms with Crippen molar-refractivity contribution >= 4 is 5.69 Å². The molecule has 3 heteroatoms. The minimum atomic E-state index is 0.377. The number of hydrogen-bond acceptors (Lipinski definition) is 3. The van der Waals surface area contributed by atoms with Crippen LogP contribution in [0.2, 0.25) is 0 Å². The molecule has 2 N–H and O–H groups in total. The molecule has 12 heavy (non-hydrogen) atoms. The molecule has 0 amide bonds. The van der Waals surface area contributed by atoms with Crippen molar-refractivity contribution in [3.8, 4) is 5.88 Å². The number of nitrogen functional groups attached to an aromatic ring is 1. The van der Waals surface area contributed by atoms with Crippen LogP contribution in [0.4, 0.5) is 5.69 Å². The number of nitrogens with two attached hydrogens (primary N) is 1. The number of hydrogen-bond donors (Lipinski definition) is 1. The van der Waals surface area contributed by atoms with Crippen molar-refractivity contribution in [1.82, 2.24) is 4.98 Å². The summed E-state index contributed by atoms with van der Waals surface area (Å²) >= 11 is 0. The lowest BCUT2D eigenvalue weighted by atomic mass is 10.1. The van der Waals surface area contributed by atoms with Crippen molar-refractivity contribution in [2.75, 3.05) is 12.8 Å². The number of nitrogens with zero attached hydrogens (tertiary/aromatic N) is 1. The van der Waals surface area contributed by atoms with E-state index in [1.54, 1.807) is 13.2 Å². The number of ether oxygens (including phenoxy) is 1. The number of anilines is 1. The van der Waals surface area contributed by atoms with Crippen molar-refractivity contribution in [3.63, 3.8) is 0 Å². The summed E-state index contributed by atoms with van der Waals surface area (Å²) < 4.78 is 4.99. The fourth-order valence-electron chi connectivity index (χ4n) is 0.947. The lowest BCUT2D eigenvalue weighted by Crippen LogP contribution is -1.98. The van der Waals surface area contributed by atoms with E-state index in [-0.39, 0.29) is 0 Å². The highest BCUT2D eigenvalue weighted by Gasteiger charge is 2.03. The average molecular weight is 166 g/mol. The van der Waals surface area contributed by atoms with Crippen LogP contribution in [-0.2, 0) is 0 Å². The Balaban J connectivity index is 3.06. The van der Waals surface area contributed by atoms with E-state index in [1.165, 1.54) is 0 Å². The molecule has 1 aromatic rings. The molecular formula is C9H14N2O. The van der Waals surface area contributed by atoms with Crippen LogP contribution in [0.15, 0.2) is 12.1 Å². The van der Waals surface area contributed by atoms with Crippen molar-refractivity contribution < 1.29 is 4.74 Å². The average Bonchev–Trinajstić information content (AvgIpc) is 2.03. The minimum absolute atomic E-state index is 0.377. The van der Waals surface area contributed by atoms with Crippen LogP contribution in [0.3, 0.4) is 0 Å². The van der Waals surface area contributed by atoms with Gasteiger partial charge in [-0.1, -0.05) is 13.8 Å². The molecule has 0 aliphatic rings. The van der Waals surface area contributed by atoms with Crippen LogP contribution in [0.5, 0.6) is 5.88 Å². The van der Waals surface area contributed by atoms with Gasteiger partial charge in [0, 0.05) is 17.4 Å². The molecule has 0 bridgehead atoms. The zero-order valence-corrected chi connectivity index (χ0v) is 7.66. The van der Waals surface area contributed by atoms with Crippen molar-refractivity contribution in [2.45, 2.75) is 19.8 Å². The second-order valence-electron chi connectivity index (χ2n) is 3.02. The highest BCUT2D eigenvalue weighted by atomic mass is 16.5. The van der Waals surface area contributed by atoms with Gasteiger partial charge in [0.15, 0.2) is 0 Å². The summed E-state index contributed by atoms with van der Waals surface area (Å²) in [6, 6.07) is 3.58. The summed E-state index contributed by atoms with van der Waals surface area (Å²) in [5.74, 6) is 0.959. The van der Waals surface area contributed by atoms with Crippen LogP contribution < -0.4 is 10.5 Å². The van der Waals surface area contributed by atoms with Gasteiger partial charge < -0.3 is 10.5 Å². The van der Waals surface area contributed by atoms with Crippen LogP contribution in [0.1, 0.15) is 25.5 Å². The molecule has 0 fully saturated rings. The van der Waals surface area contributed by atoms with Crippen LogP contribution in [0.25, 0.3) is 0 Å². The summed E-state index contributed by atoms with van der Waals surface area (Å²) in [6.07, 6.45) is 0. The van der Waals surface area contributed by atoms with Gasteiger partial charge in [-0.3, -0.25) is 0 Å². The molecule has 0 aliphatic carbocycles. The Morgan fingerprint density at radius 3 is 2.58 bits per heavy atom. The van der Waals surface area contributed by atoms with Gasteiger partial charge in [-0.2, -0.15) is 0 Å². The number of aromatic nitrogens is 1. The number of pyridine rings is 1. The fourth-order valence-corrected chi connectivity index (χ4v) is 0.947. The van der Waals surface area contributed by atoms with E-state index in [0.29, 0.717) is 17.5 Å². The Morgan fingerprint density at radius 2 is 2.08 bits per heavy atom. The quantitative estimate of drug-likeness (QED) is 0.728. The lowest BCUT2D eigenvalue weighted by molar-refractivity contribution is 0.396. The molecule has 0 aromatic carbocycles. The van der Waals surface area contributed by atoms with E-state index in [2.05, 4.69) is 18.8 Å². The van der Waals surface area contributed by atoms with Gasteiger partial charge in [0.1, 0.15) is 0 Å². The van der Waals surface area contributed by atoms with Gasteiger partial charge in [-0.25, -0.2) is 4.98 Å². The van der Waals surface area contributed by atoms with Crippen molar-refractivity contribution in [3.05, 3.63) is 17.8 Å². The summed E-state index contributed by atoms with van der Waals surface area (Å²) in [5.41, 5.74) is 7.32. The van der Waals surface area contributed by atoms with Crippen molar-refractivity contribution in [2.24, 2.45) is 0 Å². The second kappa shape index (κ2) is 3.43. The number of rotatable bonds is 2. The predicted octanol–water partition coefficient (Wildman–Crippen LogP) is 1.80. The van der Waals surface area contributed by atoms with Crippen molar-refractivity contribution in [1.29, 1.82) is 0 Å². The molecule has 0 unspecified atom stereocenters. The Labute approximate surface area is 72.6 Å². The topological polar surface area (TPSA) is 48.1 Å². The smallest absolute Gasteiger partial charge is 0.215 e. The Kier molecular flexibility index (Phi) is 2.53. The minimum Gasteiger partial charge on any atom is -0.481 e. The number of methoxy groups -OCH3 is 1. The lowest BCUT2D eigenvalue weighted by Gasteiger charge is -2.07. The van der Waals surface area contributed by atoms with E-state index in [9.17, 15) is 0 Å². The predicted molar refractivity (Wildman–Crippen MR) is 49.3 cm³/mol. The first-order valence-corrected chi connectivity index (χ1v) is 3.95. The Hall–Kier alpha value is -1.25. The van der Waals surface area contributed by atoms with Gasteiger partial charge in [-0.05, 0) is 12.0 Å².